The van der Waals surface area contributed by atoms with Crippen molar-refractivity contribution in [2.45, 2.75) is 49.0 Å². The van der Waals surface area contributed by atoms with E-state index in [0.29, 0.717) is 17.6 Å². The molecule has 0 spiro atoms. The standard InChI is InChI=1S/C26H34N6OS/c1-27-16-26(8-2-9-26)30-24-23-22(7-10-34(23)33)28-25(29-24)32-14-19-12-31(13-20(19)15-32)21-6-5-17-3-4-18(17)11-21/h5-6,11,19-20,27H,2-4,7-10,12-16H2,1H3,(H,28,29,30)/t19-,20+,34-/m1/s1. The number of fused-ring (bicyclic) bond motifs is 3. The second-order valence-corrected chi connectivity index (χ2v) is 12.5. The third-order valence-corrected chi connectivity index (χ3v) is 10.3. The van der Waals surface area contributed by atoms with Crippen molar-refractivity contribution in [3.05, 3.63) is 35.0 Å². The smallest absolute Gasteiger partial charge is 0.227 e. The van der Waals surface area contributed by atoms with Gasteiger partial charge in [0.2, 0.25) is 5.95 Å². The lowest BCUT2D eigenvalue weighted by atomic mass is 9.76. The zero-order chi connectivity index (χ0) is 22.9. The molecule has 4 heterocycles. The summed E-state index contributed by atoms with van der Waals surface area (Å²) in [5.74, 6) is 3.63. The highest BCUT2D eigenvalue weighted by Crippen LogP contribution is 2.40. The molecule has 7 nitrogen and oxygen atoms in total. The molecule has 1 aromatic carbocycles. The van der Waals surface area contributed by atoms with Gasteiger partial charge in [-0.1, -0.05) is 6.07 Å². The summed E-state index contributed by atoms with van der Waals surface area (Å²) in [6.45, 7) is 5.15. The quantitative estimate of drug-likeness (QED) is 0.660. The Hall–Kier alpha value is -2.19. The van der Waals surface area contributed by atoms with Gasteiger partial charge < -0.3 is 20.4 Å². The van der Waals surface area contributed by atoms with E-state index in [1.807, 2.05) is 7.05 Å². The van der Waals surface area contributed by atoms with Gasteiger partial charge in [-0.05, 0) is 62.4 Å². The van der Waals surface area contributed by atoms with Crippen molar-refractivity contribution in [2.24, 2.45) is 11.8 Å². The zero-order valence-corrected chi connectivity index (χ0v) is 20.8. The third-order valence-electron chi connectivity index (χ3n) is 8.87. The maximum absolute atomic E-state index is 12.8. The molecule has 0 unspecified atom stereocenters. The van der Waals surface area contributed by atoms with Crippen molar-refractivity contribution >= 4 is 28.3 Å². The predicted molar refractivity (Wildman–Crippen MR) is 136 cm³/mol. The highest BCUT2D eigenvalue weighted by molar-refractivity contribution is 7.85. The Morgan fingerprint density at radius 3 is 2.44 bits per heavy atom. The van der Waals surface area contributed by atoms with Crippen LogP contribution in [0.5, 0.6) is 0 Å². The minimum absolute atomic E-state index is 0.0277. The predicted octanol–water partition coefficient (Wildman–Crippen LogP) is 2.37. The number of nitrogens with one attached hydrogen (secondary N) is 2. The summed E-state index contributed by atoms with van der Waals surface area (Å²) >= 11 is 0. The Morgan fingerprint density at radius 2 is 1.79 bits per heavy atom. The van der Waals surface area contributed by atoms with Crippen LogP contribution in [0.3, 0.4) is 0 Å². The van der Waals surface area contributed by atoms with Crippen LogP contribution in [-0.4, -0.2) is 65.2 Å². The number of anilines is 3. The van der Waals surface area contributed by atoms with E-state index in [0.717, 1.165) is 74.3 Å². The summed E-state index contributed by atoms with van der Waals surface area (Å²) in [7, 11) is 1.01. The molecular weight excluding hydrogens is 444 g/mol. The first-order valence-corrected chi connectivity index (χ1v) is 14.3. The van der Waals surface area contributed by atoms with Crippen LogP contribution >= 0.6 is 0 Å². The topological polar surface area (TPSA) is 73.4 Å². The van der Waals surface area contributed by atoms with Crippen LogP contribution in [0.1, 0.15) is 36.1 Å². The Kier molecular flexibility index (Phi) is 4.92. The fraction of sp³-hybridized carbons (Fsp3) is 0.615. The van der Waals surface area contributed by atoms with Gasteiger partial charge in [0.1, 0.15) is 10.7 Å². The molecule has 3 fully saturated rings. The maximum Gasteiger partial charge on any atom is 0.227 e. The molecule has 1 saturated carbocycles. The van der Waals surface area contributed by atoms with Crippen molar-refractivity contribution in [1.29, 1.82) is 0 Å². The van der Waals surface area contributed by atoms with Crippen LogP contribution in [0.4, 0.5) is 17.5 Å². The van der Waals surface area contributed by atoms with E-state index in [9.17, 15) is 4.21 Å². The maximum atomic E-state index is 12.8. The number of rotatable bonds is 6. The van der Waals surface area contributed by atoms with Crippen LogP contribution < -0.4 is 20.4 Å². The molecule has 8 heteroatoms. The van der Waals surface area contributed by atoms with E-state index < -0.39 is 10.8 Å². The normalized spacial score (nSPS) is 28.2. The molecule has 34 heavy (non-hydrogen) atoms. The van der Waals surface area contributed by atoms with Crippen molar-refractivity contribution < 1.29 is 4.21 Å². The average molecular weight is 479 g/mol. The van der Waals surface area contributed by atoms with Crippen LogP contribution in [-0.2, 0) is 30.1 Å². The summed E-state index contributed by atoms with van der Waals surface area (Å²) in [6.07, 6.45) is 6.76. The molecule has 2 saturated heterocycles. The summed E-state index contributed by atoms with van der Waals surface area (Å²) in [6, 6.07) is 7.06. The molecule has 180 valence electrons. The second-order valence-electron chi connectivity index (χ2n) is 11.0. The number of likely N-dealkylation sites (N-methyl/N-ethyl adjacent to an activating group) is 1. The highest BCUT2D eigenvalue weighted by Gasteiger charge is 2.43. The largest absolute Gasteiger partial charge is 0.371 e. The van der Waals surface area contributed by atoms with Crippen molar-refractivity contribution in [3.63, 3.8) is 0 Å². The number of aryl methyl sites for hydroxylation is 3. The monoisotopic (exact) mass is 478 g/mol. The van der Waals surface area contributed by atoms with Gasteiger partial charge >= 0.3 is 0 Å². The molecule has 2 aromatic rings. The van der Waals surface area contributed by atoms with Crippen LogP contribution in [0.2, 0.25) is 0 Å². The molecule has 3 aliphatic heterocycles. The molecular formula is C26H34N6OS. The minimum atomic E-state index is -0.998. The molecule has 1 aromatic heterocycles. The Balaban J connectivity index is 1.11. The molecule has 7 rings (SSSR count). The van der Waals surface area contributed by atoms with Crippen LogP contribution in [0.15, 0.2) is 23.1 Å². The first-order chi connectivity index (χ1) is 16.6. The van der Waals surface area contributed by atoms with Gasteiger partial charge in [0.25, 0.3) is 0 Å². The van der Waals surface area contributed by atoms with Gasteiger partial charge in [-0.15, -0.1) is 0 Å². The fourth-order valence-electron chi connectivity index (χ4n) is 6.69. The lowest BCUT2D eigenvalue weighted by Crippen LogP contribution is -2.52. The summed E-state index contributed by atoms with van der Waals surface area (Å²) in [5, 5.41) is 7.08. The summed E-state index contributed by atoms with van der Waals surface area (Å²) in [5.41, 5.74) is 5.50. The molecule has 0 amide bonds. The summed E-state index contributed by atoms with van der Waals surface area (Å²) < 4.78 is 12.8. The number of hydrogen-bond donors (Lipinski definition) is 2. The molecule has 5 aliphatic rings. The fourth-order valence-corrected chi connectivity index (χ4v) is 8.00. The lowest BCUT2D eigenvalue weighted by Gasteiger charge is -2.43. The van der Waals surface area contributed by atoms with Gasteiger partial charge in [-0.25, -0.2) is 4.98 Å². The van der Waals surface area contributed by atoms with Crippen LogP contribution in [0.25, 0.3) is 0 Å². The third kappa shape index (κ3) is 3.36. The first-order valence-electron chi connectivity index (χ1n) is 12.9. The number of aromatic nitrogens is 2. The average Bonchev–Trinajstić information content (AvgIpc) is 3.46. The Morgan fingerprint density at radius 1 is 1.03 bits per heavy atom. The molecule has 0 bridgehead atoms. The molecule has 0 radical (unpaired) electrons. The van der Waals surface area contributed by atoms with Crippen LogP contribution in [0, 0.1) is 11.8 Å². The van der Waals surface area contributed by atoms with Gasteiger partial charge in [0.15, 0.2) is 0 Å². The summed E-state index contributed by atoms with van der Waals surface area (Å²) in [4.78, 5) is 15.8. The van der Waals surface area contributed by atoms with Gasteiger partial charge in [-0.2, -0.15) is 4.98 Å². The van der Waals surface area contributed by atoms with Crippen molar-refractivity contribution in [2.75, 3.05) is 60.6 Å². The van der Waals surface area contributed by atoms with E-state index in [4.69, 9.17) is 9.97 Å². The second kappa shape index (κ2) is 7.92. The Bertz CT molecular complexity index is 1150. The van der Waals surface area contributed by atoms with E-state index in [1.54, 1.807) is 5.56 Å². The Labute approximate surface area is 204 Å². The molecule has 2 N–H and O–H groups in total. The van der Waals surface area contributed by atoms with Crippen molar-refractivity contribution in [1.82, 2.24) is 15.3 Å². The zero-order valence-electron chi connectivity index (χ0n) is 20.0. The van der Waals surface area contributed by atoms with Gasteiger partial charge in [0.05, 0.1) is 22.0 Å². The van der Waals surface area contributed by atoms with E-state index in [1.165, 1.54) is 30.5 Å². The van der Waals surface area contributed by atoms with E-state index >= 15 is 0 Å². The SMILES string of the molecule is CNCC1(Nc2nc(N3C[C@H]4CN(c5ccc6c(c5)CC6)C[C@H]4C3)nc3c2[S@](=O)CC3)CCC1. The molecule has 3 atom stereocenters. The molecule has 2 aliphatic carbocycles. The van der Waals surface area contributed by atoms with E-state index in [2.05, 4.69) is 38.6 Å². The highest BCUT2D eigenvalue weighted by atomic mass is 32.2. The lowest BCUT2D eigenvalue weighted by molar-refractivity contribution is 0.271. The number of nitrogens with zero attached hydrogens (tertiary/aromatic N) is 4. The first kappa shape index (κ1) is 21.1. The van der Waals surface area contributed by atoms with Gasteiger partial charge in [-0.3, -0.25) is 4.21 Å². The van der Waals surface area contributed by atoms with E-state index in [-0.39, 0.29) is 5.54 Å². The van der Waals surface area contributed by atoms with Crippen molar-refractivity contribution in [3.8, 4) is 0 Å². The van der Waals surface area contributed by atoms with Gasteiger partial charge in [0, 0.05) is 62.4 Å². The number of benzene rings is 1. The minimum Gasteiger partial charge on any atom is -0.371 e. The number of hydrogen-bond acceptors (Lipinski definition) is 7.